The molecule has 0 aliphatic heterocycles. The Hall–Kier alpha value is -1.90. The lowest BCUT2D eigenvalue weighted by Crippen LogP contribution is -2.08. The number of carbonyl (C=O) groups is 1. The molecule has 0 aliphatic carbocycles. The van der Waals surface area contributed by atoms with E-state index in [1.54, 1.807) is 6.20 Å². The summed E-state index contributed by atoms with van der Waals surface area (Å²) >= 11 is 0. The quantitative estimate of drug-likeness (QED) is 0.819. The Kier molecular flexibility index (Phi) is 4.90. The van der Waals surface area contributed by atoms with E-state index < -0.39 is 0 Å². The van der Waals surface area contributed by atoms with Crippen LogP contribution in [-0.4, -0.2) is 17.3 Å². The van der Waals surface area contributed by atoms with Crippen molar-refractivity contribution in [3.8, 4) is 0 Å². The van der Waals surface area contributed by atoms with Crippen LogP contribution in [0.2, 0.25) is 0 Å². The van der Waals surface area contributed by atoms with Crippen LogP contribution in [0.1, 0.15) is 32.6 Å². The van der Waals surface area contributed by atoms with Crippen molar-refractivity contribution in [2.24, 2.45) is 0 Å². The minimum atomic E-state index is 0.336. The number of benzene rings is 1. The summed E-state index contributed by atoms with van der Waals surface area (Å²) in [6, 6.07) is 10.0. The second-order valence-corrected chi connectivity index (χ2v) is 4.70. The van der Waals surface area contributed by atoms with Gasteiger partial charge < -0.3 is 5.32 Å². The van der Waals surface area contributed by atoms with Crippen LogP contribution in [0.4, 0.5) is 5.69 Å². The van der Waals surface area contributed by atoms with Gasteiger partial charge in [0.15, 0.2) is 0 Å². The maximum Gasteiger partial charge on any atom is 0.134 e. The van der Waals surface area contributed by atoms with Crippen LogP contribution in [0, 0.1) is 0 Å². The molecular weight excluding hydrogens is 236 g/mol. The Morgan fingerprint density at radius 3 is 2.89 bits per heavy atom. The van der Waals surface area contributed by atoms with Gasteiger partial charge in [0.05, 0.1) is 11.2 Å². The molecule has 1 aromatic carbocycles. The minimum Gasteiger partial charge on any atom is -0.383 e. The van der Waals surface area contributed by atoms with E-state index in [1.165, 1.54) is 0 Å². The summed E-state index contributed by atoms with van der Waals surface area (Å²) in [5.41, 5.74) is 1.97. The van der Waals surface area contributed by atoms with Gasteiger partial charge in [-0.15, -0.1) is 0 Å². The molecule has 0 bridgehead atoms. The number of rotatable bonds is 7. The van der Waals surface area contributed by atoms with Gasteiger partial charge in [-0.3, -0.25) is 9.78 Å². The van der Waals surface area contributed by atoms with Crippen molar-refractivity contribution in [2.45, 2.75) is 32.6 Å². The molecule has 0 radical (unpaired) electrons. The molecular formula is C16H20N2O. The number of hydrogen-bond acceptors (Lipinski definition) is 3. The summed E-state index contributed by atoms with van der Waals surface area (Å²) in [6.45, 7) is 2.78. The average molecular weight is 256 g/mol. The first kappa shape index (κ1) is 13.5. The third-order valence-electron chi connectivity index (χ3n) is 3.16. The molecule has 0 unspecified atom stereocenters. The van der Waals surface area contributed by atoms with Gasteiger partial charge in [0.2, 0.25) is 0 Å². The van der Waals surface area contributed by atoms with Crippen LogP contribution in [0.5, 0.6) is 0 Å². The van der Waals surface area contributed by atoms with Gasteiger partial charge in [0.1, 0.15) is 5.78 Å². The van der Waals surface area contributed by atoms with E-state index in [2.05, 4.69) is 17.2 Å². The van der Waals surface area contributed by atoms with E-state index in [0.29, 0.717) is 25.2 Å². The molecule has 0 amide bonds. The van der Waals surface area contributed by atoms with Crippen LogP contribution in [0.25, 0.3) is 10.9 Å². The largest absolute Gasteiger partial charge is 0.383 e. The number of unbranched alkanes of at least 4 members (excludes halogenated alkanes) is 1. The summed E-state index contributed by atoms with van der Waals surface area (Å²) in [7, 11) is 0. The number of carbonyl (C=O) groups excluding carboxylic acids is 1. The third kappa shape index (κ3) is 3.78. The molecule has 0 saturated carbocycles. The first-order chi connectivity index (χ1) is 9.31. The number of hydrogen-bond donors (Lipinski definition) is 1. The van der Waals surface area contributed by atoms with Gasteiger partial charge in [-0.2, -0.15) is 0 Å². The van der Waals surface area contributed by atoms with Crippen molar-refractivity contribution in [3.63, 3.8) is 0 Å². The van der Waals surface area contributed by atoms with Crippen molar-refractivity contribution in [3.05, 3.63) is 36.5 Å². The average Bonchev–Trinajstić information content (AvgIpc) is 2.45. The van der Waals surface area contributed by atoms with Gasteiger partial charge in [-0.1, -0.05) is 31.5 Å². The first-order valence-corrected chi connectivity index (χ1v) is 6.90. The number of pyridine rings is 1. The Balaban J connectivity index is 1.93. The number of nitrogens with zero attached hydrogens (tertiary/aromatic N) is 1. The van der Waals surface area contributed by atoms with Gasteiger partial charge in [-0.05, 0) is 18.6 Å². The highest BCUT2D eigenvalue weighted by Crippen LogP contribution is 2.20. The van der Waals surface area contributed by atoms with Crippen molar-refractivity contribution >= 4 is 22.4 Å². The minimum absolute atomic E-state index is 0.336. The molecule has 0 aliphatic rings. The monoisotopic (exact) mass is 256 g/mol. The van der Waals surface area contributed by atoms with Crippen LogP contribution >= 0.6 is 0 Å². The molecule has 0 atom stereocenters. The fraction of sp³-hybridized carbons (Fsp3) is 0.375. The summed E-state index contributed by atoms with van der Waals surface area (Å²) in [6.07, 6.45) is 5.15. The number of nitrogens with one attached hydrogen (secondary N) is 1. The highest BCUT2D eigenvalue weighted by atomic mass is 16.1. The van der Waals surface area contributed by atoms with E-state index >= 15 is 0 Å². The number of ketones is 1. The van der Waals surface area contributed by atoms with E-state index in [9.17, 15) is 4.79 Å². The fourth-order valence-electron chi connectivity index (χ4n) is 2.08. The number of fused-ring (bicyclic) bond motifs is 1. The number of Topliss-reactive ketones (excluding diaryl/α,β-unsaturated/α-hetero) is 1. The summed E-state index contributed by atoms with van der Waals surface area (Å²) in [5.74, 6) is 0.336. The number of para-hydroxylation sites is 1. The lowest BCUT2D eigenvalue weighted by molar-refractivity contribution is -0.118. The number of anilines is 1. The Morgan fingerprint density at radius 1 is 1.21 bits per heavy atom. The second-order valence-electron chi connectivity index (χ2n) is 4.70. The molecule has 3 nitrogen and oxygen atoms in total. The Bertz CT molecular complexity index is 546. The van der Waals surface area contributed by atoms with Gasteiger partial charge in [0, 0.05) is 31.0 Å². The van der Waals surface area contributed by atoms with Crippen molar-refractivity contribution in [2.75, 3.05) is 11.9 Å². The van der Waals surface area contributed by atoms with Crippen molar-refractivity contribution < 1.29 is 4.79 Å². The maximum absolute atomic E-state index is 11.6. The molecule has 2 aromatic rings. The van der Waals surface area contributed by atoms with E-state index in [0.717, 1.165) is 29.4 Å². The summed E-state index contributed by atoms with van der Waals surface area (Å²) < 4.78 is 0. The smallest absolute Gasteiger partial charge is 0.134 e. The zero-order valence-electron chi connectivity index (χ0n) is 11.4. The SMILES string of the molecule is CCCCC(=O)CCNc1cccc2cccnc12. The van der Waals surface area contributed by atoms with Crippen LogP contribution in [0.3, 0.4) is 0 Å². The van der Waals surface area contributed by atoms with E-state index in [1.807, 2.05) is 30.3 Å². The third-order valence-corrected chi connectivity index (χ3v) is 3.16. The zero-order valence-corrected chi connectivity index (χ0v) is 11.4. The summed E-state index contributed by atoms with van der Waals surface area (Å²) in [5, 5.41) is 4.43. The van der Waals surface area contributed by atoms with Gasteiger partial charge in [-0.25, -0.2) is 0 Å². The topological polar surface area (TPSA) is 42.0 Å². The molecule has 0 saturated heterocycles. The van der Waals surface area contributed by atoms with Gasteiger partial charge >= 0.3 is 0 Å². The lowest BCUT2D eigenvalue weighted by atomic mass is 10.1. The predicted molar refractivity (Wildman–Crippen MR) is 79.4 cm³/mol. The standard InChI is InChI=1S/C16H20N2O/c1-2-3-8-14(19)10-12-17-15-9-4-6-13-7-5-11-18-16(13)15/h4-7,9,11,17H,2-3,8,10,12H2,1H3. The molecule has 19 heavy (non-hydrogen) atoms. The maximum atomic E-state index is 11.6. The lowest BCUT2D eigenvalue weighted by Gasteiger charge is -2.08. The van der Waals surface area contributed by atoms with Gasteiger partial charge in [0.25, 0.3) is 0 Å². The molecule has 0 spiro atoms. The molecule has 0 fully saturated rings. The van der Waals surface area contributed by atoms with E-state index in [4.69, 9.17) is 0 Å². The molecule has 1 heterocycles. The molecule has 100 valence electrons. The molecule has 1 aromatic heterocycles. The molecule has 3 heteroatoms. The molecule has 1 N–H and O–H groups in total. The normalized spacial score (nSPS) is 10.6. The van der Waals surface area contributed by atoms with Crippen LogP contribution < -0.4 is 5.32 Å². The van der Waals surface area contributed by atoms with Crippen molar-refractivity contribution in [1.29, 1.82) is 0 Å². The Morgan fingerprint density at radius 2 is 2.05 bits per heavy atom. The Labute approximate surface area is 114 Å². The highest BCUT2D eigenvalue weighted by Gasteiger charge is 2.03. The second kappa shape index (κ2) is 6.88. The first-order valence-electron chi connectivity index (χ1n) is 6.90. The molecule has 2 rings (SSSR count). The predicted octanol–water partition coefficient (Wildman–Crippen LogP) is 3.80. The fourth-order valence-corrected chi connectivity index (χ4v) is 2.08. The van der Waals surface area contributed by atoms with Crippen molar-refractivity contribution in [1.82, 2.24) is 4.98 Å². The number of aromatic nitrogens is 1. The van der Waals surface area contributed by atoms with E-state index in [-0.39, 0.29) is 0 Å². The summed E-state index contributed by atoms with van der Waals surface area (Å²) in [4.78, 5) is 16.0. The van der Waals surface area contributed by atoms with Crippen LogP contribution in [0.15, 0.2) is 36.5 Å². The highest BCUT2D eigenvalue weighted by molar-refractivity contribution is 5.90. The van der Waals surface area contributed by atoms with Crippen LogP contribution in [-0.2, 0) is 4.79 Å². The zero-order chi connectivity index (χ0) is 13.5.